The molecule has 0 amide bonds. The van der Waals surface area contributed by atoms with E-state index < -0.39 is 0 Å². The molecule has 1 aliphatic carbocycles. The summed E-state index contributed by atoms with van der Waals surface area (Å²) in [6.07, 6.45) is 2.55. The second-order valence-corrected chi connectivity index (χ2v) is 5.40. The molecule has 0 aliphatic heterocycles. The molecule has 2 rings (SSSR count). The number of nitrogens with one attached hydrogen (secondary N) is 1. The van der Waals surface area contributed by atoms with Crippen molar-refractivity contribution >= 4 is 0 Å². The lowest BCUT2D eigenvalue weighted by molar-refractivity contribution is 0.108. The zero-order chi connectivity index (χ0) is 14.2. The Labute approximate surface area is 120 Å². The predicted molar refractivity (Wildman–Crippen MR) is 77.4 cm³/mol. The van der Waals surface area contributed by atoms with Gasteiger partial charge < -0.3 is 14.8 Å². The molecule has 1 saturated carbocycles. The molecule has 0 heterocycles. The smallest absolute Gasteiger partial charge is 0.126 e. The molecule has 1 aliphatic rings. The van der Waals surface area contributed by atoms with E-state index in [1.165, 1.54) is 18.9 Å². The molecule has 0 saturated heterocycles. The molecular formula is C16H24FNO2. The third kappa shape index (κ3) is 5.19. The van der Waals surface area contributed by atoms with Crippen LogP contribution in [-0.2, 0) is 9.47 Å². The third-order valence-corrected chi connectivity index (χ3v) is 3.59. The minimum absolute atomic E-state index is 0.0480. The molecule has 1 aromatic carbocycles. The summed E-state index contributed by atoms with van der Waals surface area (Å²) in [5.74, 6) is 0.630. The van der Waals surface area contributed by atoms with Crippen LogP contribution in [0.15, 0.2) is 24.3 Å². The second kappa shape index (κ2) is 8.35. The van der Waals surface area contributed by atoms with Gasteiger partial charge in [0.2, 0.25) is 0 Å². The standard InChI is InChI=1S/C16H24FNO2/c1-19-9-8-18-10-14(12-20-11-13-6-7-13)15-4-2-3-5-16(15)17/h2-5,13-14,18H,6-12H2,1H3. The highest BCUT2D eigenvalue weighted by Crippen LogP contribution is 2.29. The maximum Gasteiger partial charge on any atom is 0.126 e. The Morgan fingerprint density at radius 3 is 2.85 bits per heavy atom. The van der Waals surface area contributed by atoms with Gasteiger partial charge >= 0.3 is 0 Å². The van der Waals surface area contributed by atoms with Crippen LogP contribution in [0.3, 0.4) is 0 Å². The van der Waals surface area contributed by atoms with Crippen LogP contribution in [0, 0.1) is 11.7 Å². The Morgan fingerprint density at radius 1 is 1.35 bits per heavy atom. The maximum atomic E-state index is 13.9. The molecular weight excluding hydrogens is 257 g/mol. The van der Waals surface area contributed by atoms with Crippen molar-refractivity contribution in [3.63, 3.8) is 0 Å². The second-order valence-electron chi connectivity index (χ2n) is 5.40. The van der Waals surface area contributed by atoms with Crippen LogP contribution in [-0.4, -0.2) is 40.0 Å². The number of hydrogen-bond donors (Lipinski definition) is 1. The van der Waals surface area contributed by atoms with E-state index in [4.69, 9.17) is 9.47 Å². The minimum atomic E-state index is -0.152. The van der Waals surface area contributed by atoms with E-state index in [2.05, 4.69) is 5.32 Å². The van der Waals surface area contributed by atoms with Crippen molar-refractivity contribution in [2.45, 2.75) is 18.8 Å². The summed E-state index contributed by atoms with van der Waals surface area (Å²) < 4.78 is 24.7. The quantitative estimate of drug-likeness (QED) is 0.669. The molecule has 0 radical (unpaired) electrons. The highest BCUT2D eigenvalue weighted by atomic mass is 19.1. The van der Waals surface area contributed by atoms with E-state index in [-0.39, 0.29) is 11.7 Å². The highest BCUT2D eigenvalue weighted by Gasteiger charge is 2.22. The van der Waals surface area contributed by atoms with Gasteiger partial charge in [-0.25, -0.2) is 4.39 Å². The SMILES string of the molecule is COCCNCC(COCC1CC1)c1ccccc1F. The molecule has 4 heteroatoms. The van der Waals surface area contributed by atoms with E-state index in [9.17, 15) is 4.39 Å². The van der Waals surface area contributed by atoms with Crippen LogP contribution in [0.5, 0.6) is 0 Å². The average Bonchev–Trinajstić information content (AvgIpc) is 3.26. The number of hydrogen-bond acceptors (Lipinski definition) is 3. The van der Waals surface area contributed by atoms with Gasteiger partial charge in [0.15, 0.2) is 0 Å². The van der Waals surface area contributed by atoms with Crippen LogP contribution in [0.25, 0.3) is 0 Å². The highest BCUT2D eigenvalue weighted by molar-refractivity contribution is 5.22. The van der Waals surface area contributed by atoms with Crippen molar-refractivity contribution in [3.05, 3.63) is 35.6 Å². The van der Waals surface area contributed by atoms with Crippen LogP contribution in [0.1, 0.15) is 24.3 Å². The predicted octanol–water partition coefficient (Wildman–Crippen LogP) is 2.57. The summed E-state index contributed by atoms with van der Waals surface area (Å²) >= 11 is 0. The first-order valence-electron chi connectivity index (χ1n) is 7.33. The first-order valence-corrected chi connectivity index (χ1v) is 7.33. The lowest BCUT2D eigenvalue weighted by Crippen LogP contribution is -2.28. The molecule has 1 atom stereocenters. The van der Waals surface area contributed by atoms with Crippen molar-refractivity contribution in [1.82, 2.24) is 5.32 Å². The van der Waals surface area contributed by atoms with Crippen molar-refractivity contribution in [1.29, 1.82) is 0 Å². The molecule has 0 aromatic heterocycles. The Balaban J connectivity index is 1.85. The Hall–Kier alpha value is -0.970. The molecule has 20 heavy (non-hydrogen) atoms. The first kappa shape index (κ1) is 15.4. The normalized spacial score (nSPS) is 16.3. The number of benzene rings is 1. The Morgan fingerprint density at radius 2 is 2.15 bits per heavy atom. The van der Waals surface area contributed by atoms with E-state index in [1.807, 2.05) is 12.1 Å². The van der Waals surface area contributed by atoms with Crippen molar-refractivity contribution < 1.29 is 13.9 Å². The molecule has 0 spiro atoms. The van der Waals surface area contributed by atoms with Crippen LogP contribution >= 0.6 is 0 Å². The van der Waals surface area contributed by atoms with Gasteiger partial charge in [0.05, 0.1) is 13.2 Å². The lowest BCUT2D eigenvalue weighted by atomic mass is 9.99. The van der Waals surface area contributed by atoms with Crippen molar-refractivity contribution in [2.75, 3.05) is 40.0 Å². The van der Waals surface area contributed by atoms with Crippen LogP contribution in [0.2, 0.25) is 0 Å². The van der Waals surface area contributed by atoms with Crippen molar-refractivity contribution in [3.8, 4) is 0 Å². The van der Waals surface area contributed by atoms with Gasteiger partial charge in [-0.2, -0.15) is 0 Å². The first-order chi connectivity index (χ1) is 9.81. The Kier molecular flexibility index (Phi) is 6.43. The summed E-state index contributed by atoms with van der Waals surface area (Å²) in [7, 11) is 1.68. The van der Waals surface area contributed by atoms with Gasteiger partial charge in [0.1, 0.15) is 5.82 Å². The number of halogens is 1. The van der Waals surface area contributed by atoms with Gasteiger partial charge in [-0.05, 0) is 30.4 Å². The van der Waals surface area contributed by atoms with E-state index in [0.29, 0.717) is 19.8 Å². The third-order valence-electron chi connectivity index (χ3n) is 3.59. The minimum Gasteiger partial charge on any atom is -0.383 e. The summed E-state index contributed by atoms with van der Waals surface area (Å²) in [5.41, 5.74) is 0.730. The number of rotatable bonds is 10. The van der Waals surface area contributed by atoms with Gasteiger partial charge in [0, 0.05) is 32.7 Å². The topological polar surface area (TPSA) is 30.5 Å². The lowest BCUT2D eigenvalue weighted by Gasteiger charge is -2.19. The summed E-state index contributed by atoms with van der Waals surface area (Å²) in [6, 6.07) is 6.96. The maximum absolute atomic E-state index is 13.9. The van der Waals surface area contributed by atoms with Gasteiger partial charge in [-0.3, -0.25) is 0 Å². The van der Waals surface area contributed by atoms with Crippen LogP contribution in [0.4, 0.5) is 4.39 Å². The average molecular weight is 281 g/mol. The molecule has 3 nitrogen and oxygen atoms in total. The van der Waals surface area contributed by atoms with Crippen LogP contribution < -0.4 is 5.32 Å². The molecule has 1 N–H and O–H groups in total. The zero-order valence-corrected chi connectivity index (χ0v) is 12.1. The van der Waals surface area contributed by atoms with E-state index >= 15 is 0 Å². The molecule has 0 bridgehead atoms. The fourth-order valence-electron chi connectivity index (χ4n) is 2.18. The summed E-state index contributed by atoms with van der Waals surface area (Å²) in [6.45, 7) is 3.51. The molecule has 1 fully saturated rings. The summed E-state index contributed by atoms with van der Waals surface area (Å²) in [5, 5.41) is 3.29. The van der Waals surface area contributed by atoms with Gasteiger partial charge in [-0.15, -0.1) is 0 Å². The Bertz CT molecular complexity index is 396. The molecule has 1 aromatic rings. The van der Waals surface area contributed by atoms with Gasteiger partial charge in [-0.1, -0.05) is 18.2 Å². The fourth-order valence-corrected chi connectivity index (χ4v) is 2.18. The molecule has 1 unspecified atom stereocenters. The van der Waals surface area contributed by atoms with E-state index in [0.717, 1.165) is 24.6 Å². The monoisotopic (exact) mass is 281 g/mol. The fraction of sp³-hybridized carbons (Fsp3) is 0.625. The summed E-state index contributed by atoms with van der Waals surface area (Å²) in [4.78, 5) is 0. The number of methoxy groups -OCH3 is 1. The number of ether oxygens (including phenoxy) is 2. The zero-order valence-electron chi connectivity index (χ0n) is 12.1. The van der Waals surface area contributed by atoms with E-state index in [1.54, 1.807) is 13.2 Å². The molecule has 112 valence electrons. The van der Waals surface area contributed by atoms with Crippen molar-refractivity contribution in [2.24, 2.45) is 5.92 Å². The van der Waals surface area contributed by atoms with Gasteiger partial charge in [0.25, 0.3) is 0 Å². The largest absolute Gasteiger partial charge is 0.383 e.